The van der Waals surface area contributed by atoms with Gasteiger partial charge in [-0.15, -0.1) is 11.3 Å². The van der Waals surface area contributed by atoms with E-state index in [4.69, 9.17) is 11.6 Å². The van der Waals surface area contributed by atoms with Crippen molar-refractivity contribution in [2.24, 2.45) is 0 Å². The van der Waals surface area contributed by atoms with Crippen LogP contribution in [0.15, 0.2) is 35.7 Å². The van der Waals surface area contributed by atoms with Crippen molar-refractivity contribution in [1.29, 1.82) is 0 Å². The highest BCUT2D eigenvalue weighted by Gasteiger charge is 2.34. The Kier molecular flexibility index (Phi) is 4.33. The second kappa shape index (κ2) is 6.03. The van der Waals surface area contributed by atoms with Crippen LogP contribution in [-0.4, -0.2) is 11.9 Å². The van der Waals surface area contributed by atoms with Gasteiger partial charge in [0.1, 0.15) is 4.88 Å². The molecule has 20 heavy (non-hydrogen) atoms. The molecule has 1 saturated carbocycles. The average Bonchev–Trinajstić information content (AvgIpc) is 2.83. The van der Waals surface area contributed by atoms with Crippen LogP contribution in [0.3, 0.4) is 0 Å². The summed E-state index contributed by atoms with van der Waals surface area (Å²) in [6, 6.07) is 10.1. The van der Waals surface area contributed by atoms with Crippen LogP contribution in [0.5, 0.6) is 0 Å². The predicted molar refractivity (Wildman–Crippen MR) is 91.7 cm³/mol. The van der Waals surface area contributed by atoms with Gasteiger partial charge in [-0.2, -0.15) is 0 Å². The van der Waals surface area contributed by atoms with Crippen LogP contribution in [0, 0.1) is 3.57 Å². The van der Waals surface area contributed by atoms with Crippen molar-refractivity contribution in [3.8, 4) is 0 Å². The number of carbonyl (C=O) groups is 1. The van der Waals surface area contributed by atoms with Crippen molar-refractivity contribution in [1.82, 2.24) is 5.32 Å². The largest absolute Gasteiger partial charge is 0.348 e. The summed E-state index contributed by atoms with van der Waals surface area (Å²) in [5.41, 5.74) is 1.14. The zero-order valence-electron chi connectivity index (χ0n) is 10.6. The Balaban J connectivity index is 1.72. The molecule has 0 radical (unpaired) electrons. The first-order valence-electron chi connectivity index (χ1n) is 6.45. The topological polar surface area (TPSA) is 29.1 Å². The molecule has 0 spiro atoms. The molecular weight excluding hydrogens is 405 g/mol. The molecule has 1 aliphatic carbocycles. The van der Waals surface area contributed by atoms with Crippen LogP contribution in [-0.2, 0) is 0 Å². The lowest BCUT2D eigenvalue weighted by atomic mass is 9.75. The number of rotatable bonds is 3. The van der Waals surface area contributed by atoms with Crippen molar-refractivity contribution in [3.63, 3.8) is 0 Å². The molecule has 0 bridgehead atoms. The number of amides is 1. The molecule has 0 saturated heterocycles. The Morgan fingerprint density at radius 3 is 2.70 bits per heavy atom. The van der Waals surface area contributed by atoms with E-state index in [0.29, 0.717) is 5.92 Å². The number of thiophene rings is 1. The normalized spacial score (nSPS) is 21.3. The molecule has 2 atom stereocenters. The van der Waals surface area contributed by atoms with Crippen LogP contribution in [0.2, 0.25) is 5.02 Å². The van der Waals surface area contributed by atoms with E-state index in [9.17, 15) is 4.79 Å². The van der Waals surface area contributed by atoms with Crippen LogP contribution in [0.1, 0.15) is 34.0 Å². The van der Waals surface area contributed by atoms with Crippen LogP contribution >= 0.6 is 45.5 Å². The minimum Gasteiger partial charge on any atom is -0.348 e. The van der Waals surface area contributed by atoms with Gasteiger partial charge in [0.25, 0.3) is 5.91 Å². The van der Waals surface area contributed by atoms with Crippen molar-refractivity contribution in [2.75, 3.05) is 0 Å². The molecule has 1 fully saturated rings. The standard InChI is InChI=1S/C15H13ClINOS/c16-11-4-2-1-3-9(11)10-5-6-13(10)18-15(19)14-12(17)7-8-20-14/h1-4,7-8,10,13H,5-6H2,(H,18,19)/t10-,13-/m1/s1. The first-order valence-corrected chi connectivity index (χ1v) is 8.78. The number of hydrogen-bond donors (Lipinski definition) is 1. The number of carbonyl (C=O) groups excluding carboxylic acids is 1. The number of hydrogen-bond acceptors (Lipinski definition) is 2. The van der Waals surface area contributed by atoms with E-state index in [1.165, 1.54) is 11.3 Å². The van der Waals surface area contributed by atoms with E-state index in [0.717, 1.165) is 31.9 Å². The molecule has 1 heterocycles. The molecule has 0 unspecified atom stereocenters. The zero-order chi connectivity index (χ0) is 14.1. The van der Waals surface area contributed by atoms with Crippen LogP contribution < -0.4 is 5.32 Å². The maximum Gasteiger partial charge on any atom is 0.262 e. The summed E-state index contributed by atoms with van der Waals surface area (Å²) in [5.74, 6) is 0.372. The monoisotopic (exact) mass is 417 g/mol. The quantitative estimate of drug-likeness (QED) is 0.722. The molecule has 104 valence electrons. The summed E-state index contributed by atoms with van der Waals surface area (Å²) in [7, 11) is 0. The lowest BCUT2D eigenvalue weighted by molar-refractivity contribution is 0.0908. The second-order valence-corrected chi connectivity index (χ2v) is 7.37. The van der Waals surface area contributed by atoms with Gasteiger partial charge in [-0.05, 0) is 58.5 Å². The fourth-order valence-electron chi connectivity index (χ4n) is 2.51. The van der Waals surface area contributed by atoms with E-state index < -0.39 is 0 Å². The Bertz CT molecular complexity index is 642. The summed E-state index contributed by atoms with van der Waals surface area (Å²) in [6.07, 6.45) is 2.10. The van der Waals surface area contributed by atoms with E-state index in [1.54, 1.807) is 0 Å². The molecule has 1 amide bonds. The summed E-state index contributed by atoms with van der Waals surface area (Å²) in [4.78, 5) is 13.1. The minimum atomic E-state index is 0.0335. The highest BCUT2D eigenvalue weighted by atomic mass is 127. The Labute approximate surface area is 140 Å². The van der Waals surface area contributed by atoms with Gasteiger partial charge in [0.2, 0.25) is 0 Å². The number of benzene rings is 1. The van der Waals surface area contributed by atoms with Gasteiger partial charge in [0, 0.05) is 20.6 Å². The molecule has 1 aliphatic rings. The third-order valence-electron chi connectivity index (χ3n) is 3.72. The van der Waals surface area contributed by atoms with Crippen molar-refractivity contribution in [3.05, 3.63) is 54.7 Å². The van der Waals surface area contributed by atoms with Gasteiger partial charge >= 0.3 is 0 Å². The molecular formula is C15H13ClINOS. The third-order valence-corrected chi connectivity index (χ3v) is 6.24. The molecule has 1 aromatic carbocycles. The Morgan fingerprint density at radius 2 is 2.10 bits per heavy atom. The summed E-state index contributed by atoms with van der Waals surface area (Å²) < 4.78 is 1.01. The average molecular weight is 418 g/mol. The van der Waals surface area contributed by atoms with Crippen molar-refractivity contribution < 1.29 is 4.79 Å². The fourth-order valence-corrected chi connectivity index (χ4v) is 4.52. The maximum absolute atomic E-state index is 12.3. The molecule has 0 aliphatic heterocycles. The molecule has 3 rings (SSSR count). The second-order valence-electron chi connectivity index (χ2n) is 4.88. The van der Waals surface area contributed by atoms with E-state index in [2.05, 4.69) is 34.0 Å². The molecule has 1 aromatic heterocycles. The number of nitrogens with one attached hydrogen (secondary N) is 1. The van der Waals surface area contributed by atoms with Crippen molar-refractivity contribution >= 4 is 51.4 Å². The minimum absolute atomic E-state index is 0.0335. The van der Waals surface area contributed by atoms with Gasteiger partial charge in [-0.1, -0.05) is 29.8 Å². The van der Waals surface area contributed by atoms with E-state index in [1.807, 2.05) is 29.6 Å². The van der Waals surface area contributed by atoms with Gasteiger partial charge in [0.15, 0.2) is 0 Å². The summed E-state index contributed by atoms with van der Waals surface area (Å²) >= 11 is 9.93. The first-order chi connectivity index (χ1) is 9.66. The Morgan fingerprint density at radius 1 is 1.30 bits per heavy atom. The van der Waals surface area contributed by atoms with E-state index in [-0.39, 0.29) is 11.9 Å². The van der Waals surface area contributed by atoms with Gasteiger partial charge < -0.3 is 5.32 Å². The number of halogens is 2. The third kappa shape index (κ3) is 2.73. The zero-order valence-corrected chi connectivity index (χ0v) is 14.3. The van der Waals surface area contributed by atoms with Gasteiger partial charge in [-0.25, -0.2) is 0 Å². The maximum atomic E-state index is 12.3. The Hall–Kier alpha value is -0.590. The SMILES string of the molecule is O=C(N[C@@H]1CC[C@@H]1c1ccccc1Cl)c1sccc1I. The fraction of sp³-hybridized carbons (Fsp3) is 0.267. The predicted octanol–water partition coefficient (Wildman–Crippen LogP) is 4.68. The van der Waals surface area contributed by atoms with Crippen molar-refractivity contribution in [2.45, 2.75) is 24.8 Å². The lowest BCUT2D eigenvalue weighted by Gasteiger charge is -2.38. The highest BCUT2D eigenvalue weighted by Crippen LogP contribution is 2.40. The lowest BCUT2D eigenvalue weighted by Crippen LogP contribution is -2.45. The van der Waals surface area contributed by atoms with Gasteiger partial charge in [-0.3, -0.25) is 4.79 Å². The molecule has 1 N–H and O–H groups in total. The van der Waals surface area contributed by atoms with Crippen LogP contribution in [0.25, 0.3) is 0 Å². The molecule has 5 heteroatoms. The van der Waals surface area contributed by atoms with Crippen LogP contribution in [0.4, 0.5) is 0 Å². The first kappa shape index (κ1) is 14.4. The summed E-state index contributed by atoms with van der Waals surface area (Å²) in [5, 5.41) is 5.88. The van der Waals surface area contributed by atoms with E-state index >= 15 is 0 Å². The molecule has 2 nitrogen and oxygen atoms in total. The smallest absolute Gasteiger partial charge is 0.262 e. The molecule has 2 aromatic rings. The summed E-state index contributed by atoms with van der Waals surface area (Å²) in [6.45, 7) is 0. The highest BCUT2D eigenvalue weighted by molar-refractivity contribution is 14.1. The van der Waals surface area contributed by atoms with Gasteiger partial charge in [0.05, 0.1) is 0 Å².